The molecule has 4 aromatic rings. The van der Waals surface area contributed by atoms with Crippen molar-refractivity contribution in [3.8, 4) is 17.1 Å². The summed E-state index contributed by atoms with van der Waals surface area (Å²) in [4.78, 5) is 0. The maximum absolute atomic E-state index is 6.05. The van der Waals surface area contributed by atoms with Gasteiger partial charge in [0.25, 0.3) is 0 Å². The van der Waals surface area contributed by atoms with Crippen LogP contribution in [0.15, 0.2) is 70.5 Å². The zero-order chi connectivity index (χ0) is 17.1. The van der Waals surface area contributed by atoms with Crippen molar-refractivity contribution < 1.29 is 4.42 Å². The first-order valence-corrected chi connectivity index (χ1v) is 8.82. The standard InChI is InChI=1S/C17H12ClN5OS/c18-13-7-4-8-14(9-13)23-11-19-22-17(23)25-10-15-20-21-16(24-15)12-5-2-1-3-6-12/h1-9,11H,10H2. The zero-order valence-electron chi connectivity index (χ0n) is 12.9. The lowest BCUT2D eigenvalue weighted by atomic mass is 10.2. The van der Waals surface area contributed by atoms with Crippen molar-refractivity contribution in [1.29, 1.82) is 0 Å². The number of nitrogens with zero attached hydrogens (tertiary/aromatic N) is 5. The number of hydrogen-bond donors (Lipinski definition) is 0. The van der Waals surface area contributed by atoms with Crippen LogP contribution in [-0.2, 0) is 5.75 Å². The molecule has 2 aromatic heterocycles. The van der Waals surface area contributed by atoms with E-state index < -0.39 is 0 Å². The molecule has 0 radical (unpaired) electrons. The van der Waals surface area contributed by atoms with Crippen molar-refractivity contribution in [2.24, 2.45) is 0 Å². The minimum atomic E-state index is 0.499. The van der Waals surface area contributed by atoms with Gasteiger partial charge in [0.15, 0.2) is 5.16 Å². The zero-order valence-corrected chi connectivity index (χ0v) is 14.5. The second-order valence-electron chi connectivity index (χ2n) is 5.12. The molecule has 2 heterocycles. The molecule has 0 bridgehead atoms. The van der Waals surface area contributed by atoms with Gasteiger partial charge in [-0.15, -0.1) is 20.4 Å². The summed E-state index contributed by atoms with van der Waals surface area (Å²) in [6, 6.07) is 17.2. The third-order valence-corrected chi connectivity index (χ3v) is 4.58. The van der Waals surface area contributed by atoms with Crippen molar-refractivity contribution in [2.75, 3.05) is 0 Å². The highest BCUT2D eigenvalue weighted by Gasteiger charge is 2.12. The van der Waals surface area contributed by atoms with E-state index >= 15 is 0 Å². The van der Waals surface area contributed by atoms with Gasteiger partial charge < -0.3 is 4.42 Å². The van der Waals surface area contributed by atoms with Gasteiger partial charge >= 0.3 is 0 Å². The average molecular weight is 370 g/mol. The number of benzene rings is 2. The maximum Gasteiger partial charge on any atom is 0.247 e. The molecule has 0 saturated carbocycles. The number of hydrogen-bond acceptors (Lipinski definition) is 6. The Kier molecular flexibility index (Phi) is 4.49. The Hall–Kier alpha value is -2.64. The molecule has 0 fully saturated rings. The number of rotatable bonds is 5. The Morgan fingerprint density at radius 1 is 1.00 bits per heavy atom. The van der Waals surface area contributed by atoms with Crippen molar-refractivity contribution >= 4 is 23.4 Å². The van der Waals surface area contributed by atoms with Gasteiger partial charge in [-0.05, 0) is 30.3 Å². The van der Waals surface area contributed by atoms with Gasteiger partial charge in [-0.3, -0.25) is 4.57 Å². The summed E-state index contributed by atoms with van der Waals surface area (Å²) in [5.41, 5.74) is 1.80. The molecule has 2 aromatic carbocycles. The molecule has 124 valence electrons. The average Bonchev–Trinajstić information content (AvgIpc) is 3.30. The van der Waals surface area contributed by atoms with Crippen LogP contribution in [0.1, 0.15) is 5.89 Å². The Balaban J connectivity index is 1.50. The molecule has 0 spiro atoms. The van der Waals surface area contributed by atoms with E-state index in [1.165, 1.54) is 11.8 Å². The van der Waals surface area contributed by atoms with Crippen LogP contribution < -0.4 is 0 Å². The van der Waals surface area contributed by atoms with E-state index in [1.54, 1.807) is 6.33 Å². The van der Waals surface area contributed by atoms with E-state index in [1.807, 2.05) is 59.2 Å². The Morgan fingerprint density at radius 3 is 2.72 bits per heavy atom. The van der Waals surface area contributed by atoms with Crippen LogP contribution in [0.2, 0.25) is 5.02 Å². The summed E-state index contributed by atoms with van der Waals surface area (Å²) >= 11 is 7.52. The van der Waals surface area contributed by atoms with Crippen molar-refractivity contribution in [3.05, 3.63) is 71.8 Å². The predicted molar refractivity (Wildman–Crippen MR) is 95.7 cm³/mol. The van der Waals surface area contributed by atoms with Crippen LogP contribution >= 0.6 is 23.4 Å². The third-order valence-electron chi connectivity index (χ3n) is 3.42. The number of thioether (sulfide) groups is 1. The van der Waals surface area contributed by atoms with Crippen molar-refractivity contribution in [2.45, 2.75) is 10.9 Å². The molecule has 0 amide bonds. The molecule has 0 N–H and O–H groups in total. The topological polar surface area (TPSA) is 69.6 Å². The highest BCUT2D eigenvalue weighted by atomic mass is 35.5. The normalized spacial score (nSPS) is 10.9. The second kappa shape index (κ2) is 7.08. The lowest BCUT2D eigenvalue weighted by Gasteiger charge is -2.05. The first-order chi connectivity index (χ1) is 12.3. The molecular weight excluding hydrogens is 358 g/mol. The Morgan fingerprint density at radius 2 is 1.88 bits per heavy atom. The lowest BCUT2D eigenvalue weighted by Crippen LogP contribution is -1.95. The van der Waals surface area contributed by atoms with Gasteiger partial charge in [-0.25, -0.2) is 0 Å². The lowest BCUT2D eigenvalue weighted by molar-refractivity contribution is 0.528. The number of aromatic nitrogens is 5. The molecule has 0 atom stereocenters. The van der Waals surface area contributed by atoms with Gasteiger partial charge in [0, 0.05) is 10.6 Å². The van der Waals surface area contributed by atoms with Crippen molar-refractivity contribution in [3.63, 3.8) is 0 Å². The smallest absolute Gasteiger partial charge is 0.247 e. The van der Waals surface area contributed by atoms with Gasteiger partial charge in [-0.2, -0.15) is 0 Å². The molecule has 0 unspecified atom stereocenters. The van der Waals surface area contributed by atoms with Gasteiger partial charge in [-0.1, -0.05) is 47.6 Å². The summed E-state index contributed by atoms with van der Waals surface area (Å²) in [6.07, 6.45) is 1.65. The van der Waals surface area contributed by atoms with Crippen LogP contribution in [0.5, 0.6) is 0 Å². The summed E-state index contributed by atoms with van der Waals surface area (Å²) in [7, 11) is 0. The van der Waals surface area contributed by atoms with E-state index in [2.05, 4.69) is 20.4 Å². The molecule has 8 heteroatoms. The first-order valence-electron chi connectivity index (χ1n) is 7.46. The van der Waals surface area contributed by atoms with Crippen LogP contribution in [-0.4, -0.2) is 25.0 Å². The fraction of sp³-hybridized carbons (Fsp3) is 0.0588. The Bertz CT molecular complexity index is 985. The minimum Gasteiger partial charge on any atom is -0.420 e. The van der Waals surface area contributed by atoms with Crippen LogP contribution in [0.4, 0.5) is 0 Å². The number of halogens is 1. The minimum absolute atomic E-state index is 0.499. The Labute approximate surface area is 152 Å². The van der Waals surface area contributed by atoms with Gasteiger partial charge in [0.2, 0.25) is 11.8 Å². The molecular formula is C17H12ClN5OS. The summed E-state index contributed by atoms with van der Waals surface area (Å²) in [5.74, 6) is 1.54. The quantitative estimate of drug-likeness (QED) is 0.489. The SMILES string of the molecule is Clc1cccc(-n2cnnc2SCc2nnc(-c3ccccc3)o2)c1. The molecule has 0 saturated heterocycles. The van der Waals surface area contributed by atoms with Gasteiger partial charge in [0.05, 0.1) is 11.4 Å². The molecule has 6 nitrogen and oxygen atoms in total. The molecule has 4 rings (SSSR count). The van der Waals surface area contributed by atoms with E-state index in [-0.39, 0.29) is 0 Å². The monoisotopic (exact) mass is 369 g/mol. The molecule has 0 aliphatic rings. The molecule has 0 aliphatic carbocycles. The summed E-state index contributed by atoms with van der Waals surface area (Å²) < 4.78 is 7.58. The van der Waals surface area contributed by atoms with Gasteiger partial charge in [0.1, 0.15) is 6.33 Å². The van der Waals surface area contributed by atoms with E-state index in [9.17, 15) is 0 Å². The first kappa shape index (κ1) is 15.9. The van der Waals surface area contributed by atoms with E-state index in [0.29, 0.717) is 22.6 Å². The molecule has 0 aliphatic heterocycles. The van der Waals surface area contributed by atoms with Crippen LogP contribution in [0.25, 0.3) is 17.1 Å². The third kappa shape index (κ3) is 3.57. The summed E-state index contributed by atoms with van der Waals surface area (Å²) in [6.45, 7) is 0. The highest BCUT2D eigenvalue weighted by Crippen LogP contribution is 2.25. The van der Waals surface area contributed by atoms with Crippen LogP contribution in [0, 0.1) is 0 Å². The van der Waals surface area contributed by atoms with Crippen molar-refractivity contribution in [1.82, 2.24) is 25.0 Å². The van der Waals surface area contributed by atoms with Crippen LogP contribution in [0.3, 0.4) is 0 Å². The van der Waals surface area contributed by atoms with E-state index in [4.69, 9.17) is 16.0 Å². The predicted octanol–water partition coefficient (Wildman–Crippen LogP) is 4.26. The summed E-state index contributed by atoms with van der Waals surface area (Å²) in [5, 5.41) is 17.7. The maximum atomic E-state index is 6.05. The largest absolute Gasteiger partial charge is 0.420 e. The second-order valence-corrected chi connectivity index (χ2v) is 6.50. The fourth-order valence-corrected chi connectivity index (χ4v) is 3.21. The van der Waals surface area contributed by atoms with E-state index in [0.717, 1.165) is 16.4 Å². The molecule has 25 heavy (non-hydrogen) atoms. The highest BCUT2D eigenvalue weighted by molar-refractivity contribution is 7.98. The fourth-order valence-electron chi connectivity index (χ4n) is 2.26.